The van der Waals surface area contributed by atoms with Crippen LogP contribution in [0.4, 0.5) is 11.4 Å². The fraction of sp³-hybridized carbons (Fsp3) is 0.289. The van der Waals surface area contributed by atoms with Gasteiger partial charge in [-0.3, -0.25) is 9.44 Å². The Balaban J connectivity index is 0.000000421. The van der Waals surface area contributed by atoms with Gasteiger partial charge in [-0.15, -0.1) is 0 Å². The van der Waals surface area contributed by atoms with E-state index < -0.39 is 31.6 Å². The van der Waals surface area contributed by atoms with E-state index in [0.717, 1.165) is 11.1 Å². The summed E-state index contributed by atoms with van der Waals surface area (Å²) in [5, 5.41) is 19.4. The van der Waals surface area contributed by atoms with Crippen LogP contribution in [-0.4, -0.2) is 77.1 Å². The van der Waals surface area contributed by atoms with Crippen LogP contribution in [-0.2, 0) is 41.2 Å². The van der Waals surface area contributed by atoms with Gasteiger partial charge in [0.25, 0.3) is 20.0 Å². The van der Waals surface area contributed by atoms with Crippen molar-refractivity contribution >= 4 is 83.6 Å². The van der Waals surface area contributed by atoms with E-state index in [1.165, 1.54) is 28.0 Å². The number of benzene rings is 4. The third-order valence-electron chi connectivity index (χ3n) is 9.35. The van der Waals surface area contributed by atoms with Crippen LogP contribution in [0, 0.1) is 7.43 Å². The monoisotopic (exact) mass is 1030 g/mol. The molecule has 0 spiro atoms. The minimum absolute atomic E-state index is 0. The van der Waals surface area contributed by atoms with Gasteiger partial charge in [-0.2, -0.15) is 10.2 Å². The predicted molar refractivity (Wildman–Crippen MR) is 252 cm³/mol. The first-order valence-corrected chi connectivity index (χ1v) is 22.9. The van der Waals surface area contributed by atoms with Crippen LogP contribution in [0.15, 0.2) is 120 Å². The smallest absolute Gasteiger partial charge is 1.00 e. The molecule has 19 heteroatoms. The third-order valence-corrected chi connectivity index (χ3v) is 12.6. The van der Waals surface area contributed by atoms with Gasteiger partial charge in [0.05, 0.1) is 62.7 Å². The first kappa shape index (κ1) is 56.2. The molecule has 0 bridgehead atoms. The molecule has 0 aliphatic rings. The zero-order valence-electron chi connectivity index (χ0n) is 37.4. The SMILES string of the molecule is CC(C)(C)c1ccc(S(=O)(=O)Nc2ccc(Cl)cc2-n2cc(C(C)(C)O)cn2)cc1.CCOC(=O)c1cnn(-c2cc(Cl)ccc2NS(=O)(=O)c2ccc(C(C)(C)C)cc2)c1.[Br-].[CH3-].[Mg+2]. The van der Waals surface area contributed by atoms with Crippen LogP contribution >= 0.6 is 23.2 Å². The molecule has 0 amide bonds. The Bertz CT molecular complexity index is 2750. The second kappa shape index (κ2) is 22.0. The second-order valence-corrected chi connectivity index (χ2v) is 20.9. The third kappa shape index (κ3) is 14.3. The van der Waals surface area contributed by atoms with Crippen molar-refractivity contribution in [3.05, 3.63) is 149 Å². The maximum absolute atomic E-state index is 13.0. The van der Waals surface area contributed by atoms with Crippen molar-refractivity contribution in [3.63, 3.8) is 0 Å². The Hall–Kier alpha value is -3.94. The topological polar surface area (TPSA) is 175 Å². The summed E-state index contributed by atoms with van der Waals surface area (Å²) in [5.74, 6) is -0.517. The number of carbonyl (C=O) groups excluding carboxylic acids is 1. The van der Waals surface area contributed by atoms with E-state index in [2.05, 4.69) is 61.2 Å². The number of hydrogen-bond acceptors (Lipinski definition) is 9. The number of anilines is 2. The number of halogens is 3. The summed E-state index contributed by atoms with van der Waals surface area (Å²) in [6.07, 6.45) is 5.98. The van der Waals surface area contributed by atoms with E-state index in [1.54, 1.807) is 99.8 Å². The number of nitrogens with one attached hydrogen (secondary N) is 2. The van der Waals surface area contributed by atoms with Gasteiger partial charge in [0.2, 0.25) is 0 Å². The van der Waals surface area contributed by atoms with Crippen molar-refractivity contribution in [1.82, 2.24) is 19.6 Å². The van der Waals surface area contributed by atoms with Crippen LogP contribution in [0.5, 0.6) is 0 Å². The molecule has 0 saturated heterocycles. The van der Waals surface area contributed by atoms with Gasteiger partial charge in [-0.05, 0) is 103 Å². The van der Waals surface area contributed by atoms with Crippen LogP contribution < -0.4 is 26.4 Å². The number of sulfonamides is 2. The standard InChI is InChI=1S/C22H24ClN3O4S.C22H26ClN3O3S.CH3.BrH.Mg/c1-5-30-21(27)15-13-24-26(14-15)20-12-17(23)8-11-19(20)25-31(28,29)18-9-6-16(7-10-18)22(2,3)4;1-21(2,3)15-6-9-18(10-7-15)30(28,29)25-19-11-8-17(23)12-20(19)26-14-16(13-24-26)22(4,5)27;;;/h6-14,25H,5H2,1-4H3;6-14,25,27H,1-5H3;1H3;1H;/q;;-1;;+2/p-1. The normalized spacial score (nSPS) is 11.8. The number of hydrogen-bond donors (Lipinski definition) is 3. The van der Waals surface area contributed by atoms with Crippen molar-refractivity contribution in [2.24, 2.45) is 0 Å². The van der Waals surface area contributed by atoms with Gasteiger partial charge < -0.3 is 34.3 Å². The summed E-state index contributed by atoms with van der Waals surface area (Å²) in [6.45, 7) is 17.6. The van der Waals surface area contributed by atoms with Crippen molar-refractivity contribution in [2.45, 2.75) is 88.5 Å². The summed E-state index contributed by atoms with van der Waals surface area (Å²) in [7, 11) is -7.69. The number of aromatic nitrogens is 4. The number of aliphatic hydroxyl groups is 1. The Kier molecular flexibility index (Phi) is 19.3. The van der Waals surface area contributed by atoms with Crippen LogP contribution in [0.25, 0.3) is 11.4 Å². The summed E-state index contributed by atoms with van der Waals surface area (Å²) in [4.78, 5) is 12.2. The van der Waals surface area contributed by atoms with Gasteiger partial charge in [-0.25, -0.2) is 31.0 Å². The minimum atomic E-state index is -3.86. The molecule has 0 aliphatic heterocycles. The molecule has 2 aromatic heterocycles. The molecular formula is C45H53BrCl2MgN6O7S2. The fourth-order valence-corrected chi connectivity index (χ4v) is 8.26. The number of ether oxygens (including phenoxy) is 1. The average Bonchev–Trinajstić information content (AvgIpc) is 3.88. The first-order chi connectivity index (χ1) is 28.3. The van der Waals surface area contributed by atoms with Gasteiger partial charge in [0, 0.05) is 28.0 Å². The second-order valence-electron chi connectivity index (χ2n) is 16.7. The number of carbonyl (C=O) groups is 1. The van der Waals surface area contributed by atoms with E-state index in [4.69, 9.17) is 27.9 Å². The van der Waals surface area contributed by atoms with E-state index in [0.29, 0.717) is 32.7 Å². The molecule has 6 aromatic rings. The number of rotatable bonds is 11. The van der Waals surface area contributed by atoms with Crippen molar-refractivity contribution in [2.75, 3.05) is 16.1 Å². The van der Waals surface area contributed by atoms with Crippen LogP contribution in [0.1, 0.15) is 89.4 Å². The van der Waals surface area contributed by atoms with Crippen LogP contribution in [0.3, 0.4) is 0 Å². The zero-order valence-corrected chi connectivity index (χ0v) is 43.6. The largest absolute Gasteiger partial charge is 2.00 e. The Labute approximate surface area is 413 Å². The summed E-state index contributed by atoms with van der Waals surface area (Å²) in [6, 6.07) is 23.1. The maximum atomic E-state index is 13.0. The number of esters is 1. The molecule has 0 unspecified atom stereocenters. The van der Waals surface area contributed by atoms with Crippen LogP contribution in [0.2, 0.25) is 10.0 Å². The molecule has 6 rings (SSSR count). The van der Waals surface area contributed by atoms with Gasteiger partial charge in [-0.1, -0.05) is 89.0 Å². The molecule has 0 aliphatic carbocycles. The van der Waals surface area contributed by atoms with Gasteiger partial charge in [0.1, 0.15) is 0 Å². The maximum Gasteiger partial charge on any atom is 2.00 e. The molecule has 64 heavy (non-hydrogen) atoms. The molecule has 0 fully saturated rings. The summed E-state index contributed by atoms with van der Waals surface area (Å²) >= 11 is 12.3. The molecule has 4 aromatic carbocycles. The Morgan fingerprint density at radius 1 is 0.656 bits per heavy atom. The van der Waals surface area contributed by atoms with E-state index >= 15 is 0 Å². The van der Waals surface area contributed by atoms with E-state index in [9.17, 15) is 26.7 Å². The quantitative estimate of drug-likeness (QED) is 0.0723. The minimum Gasteiger partial charge on any atom is -1.00 e. The molecule has 3 N–H and O–H groups in total. The van der Waals surface area contributed by atoms with Gasteiger partial charge >= 0.3 is 29.0 Å². The molecular weight excluding hydrogens is 976 g/mol. The predicted octanol–water partition coefficient (Wildman–Crippen LogP) is 6.73. The molecule has 340 valence electrons. The Morgan fingerprint density at radius 2 is 1.05 bits per heavy atom. The molecule has 0 radical (unpaired) electrons. The van der Waals surface area contributed by atoms with E-state index in [1.807, 2.05) is 12.1 Å². The first-order valence-electron chi connectivity index (χ1n) is 19.1. The zero-order chi connectivity index (χ0) is 45.1. The van der Waals surface area contributed by atoms with E-state index in [-0.39, 0.29) is 85.9 Å². The van der Waals surface area contributed by atoms with Gasteiger partial charge in [0.15, 0.2) is 0 Å². The molecule has 13 nitrogen and oxygen atoms in total. The number of nitrogens with zero attached hydrogens (tertiary/aromatic N) is 4. The average molecular weight is 1030 g/mol. The molecule has 0 saturated carbocycles. The van der Waals surface area contributed by atoms with Crippen molar-refractivity contribution in [1.29, 1.82) is 0 Å². The van der Waals surface area contributed by atoms with Crippen molar-refractivity contribution < 1.29 is 48.5 Å². The fourth-order valence-electron chi connectivity index (χ4n) is 5.78. The molecule has 0 atom stereocenters. The Morgan fingerprint density at radius 3 is 1.41 bits per heavy atom. The van der Waals surface area contributed by atoms with Crippen molar-refractivity contribution in [3.8, 4) is 11.4 Å². The molecule has 2 heterocycles. The summed E-state index contributed by atoms with van der Waals surface area (Å²) < 4.78 is 65.0. The summed E-state index contributed by atoms with van der Waals surface area (Å²) in [5.41, 5.74) is 3.09.